The number of aromatic amines is 1. The predicted octanol–water partition coefficient (Wildman–Crippen LogP) is 3.24. The molecule has 0 bridgehead atoms. The molecule has 0 aliphatic rings. The highest BCUT2D eigenvalue weighted by atomic mass is 79.9. The van der Waals surface area contributed by atoms with E-state index in [1.54, 1.807) is 6.33 Å². The van der Waals surface area contributed by atoms with E-state index in [1.807, 2.05) is 6.07 Å². The molecule has 2 heterocycles. The summed E-state index contributed by atoms with van der Waals surface area (Å²) in [5.74, 6) is 0.867. The lowest BCUT2D eigenvalue weighted by Crippen LogP contribution is -2.16. The largest absolute Gasteiger partial charge is 0.368 e. The van der Waals surface area contributed by atoms with Crippen molar-refractivity contribution in [3.05, 3.63) is 29.0 Å². The summed E-state index contributed by atoms with van der Waals surface area (Å²) >= 11 is 3.51. The van der Waals surface area contributed by atoms with Crippen molar-refractivity contribution in [2.24, 2.45) is 0 Å². The first-order chi connectivity index (χ1) is 10.1. The topological polar surface area (TPSA) is 56.8 Å². The van der Waals surface area contributed by atoms with E-state index < -0.39 is 0 Å². The van der Waals surface area contributed by atoms with Crippen LogP contribution in [0.15, 0.2) is 29.0 Å². The average molecular weight is 348 g/mol. The summed E-state index contributed by atoms with van der Waals surface area (Å²) in [6.45, 7) is 1.95. The van der Waals surface area contributed by atoms with Crippen molar-refractivity contribution in [3.8, 4) is 0 Å². The molecule has 2 aromatic heterocycles. The Balaban J connectivity index is 1.91. The number of anilines is 1. The summed E-state index contributed by atoms with van der Waals surface area (Å²) in [6, 6.07) is 6.16. The van der Waals surface area contributed by atoms with Gasteiger partial charge in [-0.05, 0) is 45.3 Å². The van der Waals surface area contributed by atoms with Gasteiger partial charge in [0.05, 0.1) is 0 Å². The summed E-state index contributed by atoms with van der Waals surface area (Å²) in [5.41, 5.74) is 3.00. The van der Waals surface area contributed by atoms with Gasteiger partial charge in [-0.2, -0.15) is 0 Å². The Morgan fingerprint density at radius 3 is 2.95 bits per heavy atom. The second-order valence-corrected chi connectivity index (χ2v) is 6.26. The smallest absolute Gasteiger partial charge is 0.153 e. The third-order valence-corrected chi connectivity index (χ3v) is 3.91. The van der Waals surface area contributed by atoms with Crippen molar-refractivity contribution >= 4 is 43.7 Å². The zero-order valence-corrected chi connectivity index (χ0v) is 13.7. The van der Waals surface area contributed by atoms with Gasteiger partial charge >= 0.3 is 0 Å². The van der Waals surface area contributed by atoms with Crippen LogP contribution in [-0.4, -0.2) is 47.0 Å². The molecule has 5 nitrogen and oxygen atoms in total. The standard InChI is InChI=1S/C15H18BrN5/c1-21(2)7-3-6-17-15-14-13(18-9-19-15)11-8-10(16)4-5-12(11)20-14/h4-5,8-9,20H,3,6-7H2,1-2H3,(H,17,18,19). The third-order valence-electron chi connectivity index (χ3n) is 3.42. The maximum atomic E-state index is 4.42. The van der Waals surface area contributed by atoms with Gasteiger partial charge in [-0.3, -0.25) is 0 Å². The van der Waals surface area contributed by atoms with Gasteiger partial charge in [0.1, 0.15) is 17.4 Å². The van der Waals surface area contributed by atoms with Crippen LogP contribution >= 0.6 is 15.9 Å². The molecule has 6 heteroatoms. The molecule has 0 atom stereocenters. The van der Waals surface area contributed by atoms with E-state index in [2.05, 4.69) is 67.3 Å². The van der Waals surface area contributed by atoms with E-state index >= 15 is 0 Å². The number of hydrogen-bond donors (Lipinski definition) is 2. The molecule has 3 rings (SSSR count). The Labute approximate surface area is 131 Å². The van der Waals surface area contributed by atoms with Crippen LogP contribution in [-0.2, 0) is 0 Å². The van der Waals surface area contributed by atoms with Crippen LogP contribution < -0.4 is 5.32 Å². The van der Waals surface area contributed by atoms with Crippen molar-refractivity contribution in [1.82, 2.24) is 19.9 Å². The van der Waals surface area contributed by atoms with Gasteiger partial charge < -0.3 is 15.2 Å². The highest BCUT2D eigenvalue weighted by Crippen LogP contribution is 2.29. The van der Waals surface area contributed by atoms with Crippen LogP contribution in [0, 0.1) is 0 Å². The Kier molecular flexibility index (Phi) is 4.07. The molecule has 0 radical (unpaired) electrons. The van der Waals surface area contributed by atoms with E-state index in [4.69, 9.17) is 0 Å². The van der Waals surface area contributed by atoms with Gasteiger partial charge in [0, 0.05) is 21.9 Å². The first-order valence-electron chi connectivity index (χ1n) is 6.95. The molecule has 0 fully saturated rings. The maximum Gasteiger partial charge on any atom is 0.153 e. The number of aromatic nitrogens is 3. The van der Waals surface area contributed by atoms with E-state index in [1.165, 1.54) is 0 Å². The molecule has 110 valence electrons. The molecular formula is C15H18BrN5. The molecule has 0 saturated carbocycles. The molecule has 0 spiro atoms. The normalized spacial score (nSPS) is 11.6. The fraction of sp³-hybridized carbons (Fsp3) is 0.333. The molecule has 1 aromatic carbocycles. The number of benzene rings is 1. The fourth-order valence-corrected chi connectivity index (χ4v) is 2.76. The number of fused-ring (bicyclic) bond motifs is 3. The van der Waals surface area contributed by atoms with Gasteiger partial charge in [-0.15, -0.1) is 0 Å². The van der Waals surface area contributed by atoms with Gasteiger partial charge in [0.15, 0.2) is 5.82 Å². The van der Waals surface area contributed by atoms with Crippen molar-refractivity contribution in [3.63, 3.8) is 0 Å². The van der Waals surface area contributed by atoms with Crippen LogP contribution in [0.5, 0.6) is 0 Å². The number of nitrogens with one attached hydrogen (secondary N) is 2. The maximum absolute atomic E-state index is 4.42. The van der Waals surface area contributed by atoms with Crippen molar-refractivity contribution in [1.29, 1.82) is 0 Å². The van der Waals surface area contributed by atoms with Crippen molar-refractivity contribution in [2.45, 2.75) is 6.42 Å². The SMILES string of the molecule is CN(C)CCCNc1ncnc2c1[nH]c1ccc(Br)cc12. The Morgan fingerprint density at radius 1 is 1.29 bits per heavy atom. The van der Waals surface area contributed by atoms with Crippen LogP contribution in [0.2, 0.25) is 0 Å². The lowest BCUT2D eigenvalue weighted by Gasteiger charge is -2.10. The highest BCUT2D eigenvalue weighted by Gasteiger charge is 2.10. The van der Waals surface area contributed by atoms with Crippen LogP contribution in [0.1, 0.15) is 6.42 Å². The van der Waals surface area contributed by atoms with Gasteiger partial charge in [-0.25, -0.2) is 9.97 Å². The van der Waals surface area contributed by atoms with Crippen LogP contribution in [0.4, 0.5) is 5.82 Å². The molecule has 2 N–H and O–H groups in total. The van der Waals surface area contributed by atoms with Crippen molar-refractivity contribution in [2.75, 3.05) is 32.5 Å². The zero-order chi connectivity index (χ0) is 14.8. The molecule has 21 heavy (non-hydrogen) atoms. The van der Waals surface area contributed by atoms with Crippen molar-refractivity contribution < 1.29 is 0 Å². The van der Waals surface area contributed by atoms with Crippen LogP contribution in [0.25, 0.3) is 21.9 Å². The molecule has 0 unspecified atom stereocenters. The van der Waals surface area contributed by atoms with Gasteiger partial charge in [0.2, 0.25) is 0 Å². The number of H-pyrrole nitrogens is 1. The number of rotatable bonds is 5. The molecule has 0 saturated heterocycles. The first kappa shape index (κ1) is 14.3. The summed E-state index contributed by atoms with van der Waals surface area (Å²) in [4.78, 5) is 14.4. The van der Waals surface area contributed by atoms with E-state index in [0.29, 0.717) is 0 Å². The van der Waals surface area contributed by atoms with Gasteiger partial charge in [0.25, 0.3) is 0 Å². The van der Waals surface area contributed by atoms with E-state index in [0.717, 1.165) is 51.7 Å². The minimum absolute atomic E-state index is 0.867. The summed E-state index contributed by atoms with van der Waals surface area (Å²) in [7, 11) is 4.16. The zero-order valence-electron chi connectivity index (χ0n) is 12.2. The minimum Gasteiger partial charge on any atom is -0.368 e. The fourth-order valence-electron chi connectivity index (χ4n) is 2.40. The predicted molar refractivity (Wildman–Crippen MR) is 90.8 cm³/mol. The lowest BCUT2D eigenvalue weighted by molar-refractivity contribution is 0.405. The second-order valence-electron chi connectivity index (χ2n) is 5.34. The quantitative estimate of drug-likeness (QED) is 0.695. The second kappa shape index (κ2) is 5.99. The molecular weight excluding hydrogens is 330 g/mol. The molecule has 3 aromatic rings. The number of nitrogens with zero attached hydrogens (tertiary/aromatic N) is 3. The highest BCUT2D eigenvalue weighted by molar-refractivity contribution is 9.10. The molecule has 0 aliphatic heterocycles. The molecule has 0 amide bonds. The minimum atomic E-state index is 0.867. The Morgan fingerprint density at radius 2 is 2.14 bits per heavy atom. The Hall–Kier alpha value is -1.66. The lowest BCUT2D eigenvalue weighted by atomic mass is 10.2. The number of hydrogen-bond acceptors (Lipinski definition) is 4. The van der Waals surface area contributed by atoms with Gasteiger partial charge in [-0.1, -0.05) is 15.9 Å². The summed E-state index contributed by atoms with van der Waals surface area (Å²) < 4.78 is 1.05. The first-order valence-corrected chi connectivity index (χ1v) is 7.75. The number of halogens is 1. The summed E-state index contributed by atoms with van der Waals surface area (Å²) in [5, 5.41) is 4.51. The monoisotopic (exact) mass is 347 g/mol. The van der Waals surface area contributed by atoms with E-state index in [9.17, 15) is 0 Å². The Bertz CT molecular complexity index is 765. The average Bonchev–Trinajstić information content (AvgIpc) is 2.82. The molecule has 0 aliphatic carbocycles. The van der Waals surface area contributed by atoms with E-state index in [-0.39, 0.29) is 0 Å². The third kappa shape index (κ3) is 3.01. The van der Waals surface area contributed by atoms with Crippen LogP contribution in [0.3, 0.4) is 0 Å². The summed E-state index contributed by atoms with van der Waals surface area (Å²) in [6.07, 6.45) is 2.69.